The van der Waals surface area contributed by atoms with Crippen molar-refractivity contribution in [2.75, 3.05) is 0 Å². The molecule has 0 bridgehead atoms. The Labute approximate surface area is 110 Å². The molecule has 1 heterocycles. The lowest BCUT2D eigenvalue weighted by Crippen LogP contribution is -2.33. The number of nitrogens with zero attached hydrogens (tertiary/aromatic N) is 1. The van der Waals surface area contributed by atoms with Gasteiger partial charge in [0.2, 0.25) is 0 Å². The van der Waals surface area contributed by atoms with Crippen LogP contribution >= 0.6 is 0 Å². The summed E-state index contributed by atoms with van der Waals surface area (Å²) in [6, 6.07) is 8.39. The van der Waals surface area contributed by atoms with Gasteiger partial charge in [-0.1, -0.05) is 31.0 Å². The number of pyridine rings is 1. The zero-order valence-electron chi connectivity index (χ0n) is 10.5. The molecule has 1 fully saturated rings. The van der Waals surface area contributed by atoms with E-state index in [1.807, 2.05) is 0 Å². The number of benzene rings is 1. The van der Waals surface area contributed by atoms with Gasteiger partial charge in [-0.15, -0.1) is 0 Å². The maximum atomic E-state index is 13.6. The van der Waals surface area contributed by atoms with E-state index in [0.717, 1.165) is 25.7 Å². The predicted octanol–water partition coefficient (Wildman–Crippen LogP) is 3.05. The number of halogens is 1. The Hall–Kier alpha value is -1.97. The SMILES string of the molecule is O=C(NC1CCCC1)c1ccc2cccc(F)c2n1. The van der Waals surface area contributed by atoms with Gasteiger partial charge in [-0.25, -0.2) is 9.37 Å². The number of hydrogen-bond donors (Lipinski definition) is 1. The first-order valence-corrected chi connectivity index (χ1v) is 6.60. The highest BCUT2D eigenvalue weighted by molar-refractivity contribution is 5.95. The largest absolute Gasteiger partial charge is 0.348 e. The van der Waals surface area contributed by atoms with E-state index in [4.69, 9.17) is 0 Å². The van der Waals surface area contributed by atoms with Gasteiger partial charge in [0, 0.05) is 11.4 Å². The number of nitrogens with one attached hydrogen (secondary N) is 1. The van der Waals surface area contributed by atoms with Gasteiger partial charge in [-0.2, -0.15) is 0 Å². The molecule has 0 atom stereocenters. The summed E-state index contributed by atoms with van der Waals surface area (Å²) in [5, 5.41) is 3.66. The average Bonchev–Trinajstić information content (AvgIpc) is 2.92. The molecule has 1 N–H and O–H groups in total. The molecule has 0 spiro atoms. The Morgan fingerprint density at radius 2 is 2.00 bits per heavy atom. The number of rotatable bonds is 2. The number of fused-ring (bicyclic) bond motifs is 1. The average molecular weight is 258 g/mol. The van der Waals surface area contributed by atoms with Crippen LogP contribution < -0.4 is 5.32 Å². The minimum Gasteiger partial charge on any atom is -0.348 e. The van der Waals surface area contributed by atoms with Gasteiger partial charge in [0.15, 0.2) is 0 Å². The van der Waals surface area contributed by atoms with E-state index >= 15 is 0 Å². The Kier molecular flexibility index (Phi) is 3.15. The monoisotopic (exact) mass is 258 g/mol. The molecule has 1 saturated carbocycles. The predicted molar refractivity (Wildman–Crippen MR) is 71.4 cm³/mol. The molecule has 0 saturated heterocycles. The highest BCUT2D eigenvalue weighted by Gasteiger charge is 2.18. The van der Waals surface area contributed by atoms with E-state index in [1.54, 1.807) is 24.3 Å². The van der Waals surface area contributed by atoms with Crippen molar-refractivity contribution in [1.82, 2.24) is 10.3 Å². The van der Waals surface area contributed by atoms with Crippen molar-refractivity contribution < 1.29 is 9.18 Å². The molecule has 2 aromatic rings. The second-order valence-electron chi connectivity index (χ2n) is 4.96. The number of carbonyl (C=O) groups excluding carboxylic acids is 1. The molecule has 0 radical (unpaired) electrons. The third-order valence-corrected chi connectivity index (χ3v) is 3.59. The molecule has 1 aliphatic rings. The summed E-state index contributed by atoms with van der Waals surface area (Å²) in [6.07, 6.45) is 4.36. The maximum Gasteiger partial charge on any atom is 0.270 e. The number of aromatic nitrogens is 1. The van der Waals surface area contributed by atoms with Crippen LogP contribution in [0.4, 0.5) is 4.39 Å². The Morgan fingerprint density at radius 1 is 1.21 bits per heavy atom. The Morgan fingerprint density at radius 3 is 2.79 bits per heavy atom. The van der Waals surface area contributed by atoms with Crippen LogP contribution in [0, 0.1) is 5.82 Å². The lowest BCUT2D eigenvalue weighted by molar-refractivity contribution is 0.0933. The molecule has 3 nitrogen and oxygen atoms in total. The molecule has 4 heteroatoms. The van der Waals surface area contributed by atoms with Crippen LogP contribution in [0.15, 0.2) is 30.3 Å². The molecular formula is C15H15FN2O. The van der Waals surface area contributed by atoms with Crippen molar-refractivity contribution in [3.63, 3.8) is 0 Å². The van der Waals surface area contributed by atoms with Gasteiger partial charge >= 0.3 is 0 Å². The van der Waals surface area contributed by atoms with Gasteiger partial charge in [0.05, 0.1) is 0 Å². The summed E-state index contributed by atoms with van der Waals surface area (Å²) in [4.78, 5) is 16.2. The van der Waals surface area contributed by atoms with Crippen LogP contribution in [0.3, 0.4) is 0 Å². The van der Waals surface area contributed by atoms with Crippen LogP contribution in [0.5, 0.6) is 0 Å². The first-order valence-electron chi connectivity index (χ1n) is 6.60. The number of amides is 1. The van der Waals surface area contributed by atoms with Crippen molar-refractivity contribution in [2.24, 2.45) is 0 Å². The summed E-state index contributed by atoms with van der Waals surface area (Å²) < 4.78 is 13.6. The molecule has 19 heavy (non-hydrogen) atoms. The zero-order valence-corrected chi connectivity index (χ0v) is 10.5. The summed E-state index contributed by atoms with van der Waals surface area (Å²) in [6.45, 7) is 0. The third kappa shape index (κ3) is 2.43. The highest BCUT2D eigenvalue weighted by Crippen LogP contribution is 2.19. The third-order valence-electron chi connectivity index (χ3n) is 3.59. The van der Waals surface area contributed by atoms with Crippen molar-refractivity contribution in [1.29, 1.82) is 0 Å². The van der Waals surface area contributed by atoms with E-state index in [-0.39, 0.29) is 23.2 Å². The molecule has 1 aliphatic carbocycles. The molecule has 1 aromatic carbocycles. The smallest absolute Gasteiger partial charge is 0.270 e. The summed E-state index contributed by atoms with van der Waals surface area (Å²) in [7, 11) is 0. The second kappa shape index (κ2) is 4.96. The molecule has 1 aromatic heterocycles. The fraction of sp³-hybridized carbons (Fsp3) is 0.333. The lowest BCUT2D eigenvalue weighted by Gasteiger charge is -2.11. The van der Waals surface area contributed by atoms with Gasteiger partial charge in [-0.3, -0.25) is 4.79 Å². The van der Waals surface area contributed by atoms with Crippen molar-refractivity contribution >= 4 is 16.8 Å². The summed E-state index contributed by atoms with van der Waals surface area (Å²) >= 11 is 0. The molecule has 98 valence electrons. The van der Waals surface area contributed by atoms with Crippen LogP contribution in [-0.2, 0) is 0 Å². The van der Waals surface area contributed by atoms with Gasteiger partial charge < -0.3 is 5.32 Å². The maximum absolute atomic E-state index is 13.6. The quantitative estimate of drug-likeness (QED) is 0.899. The summed E-state index contributed by atoms with van der Waals surface area (Å²) in [5.41, 5.74) is 0.533. The lowest BCUT2D eigenvalue weighted by atomic mass is 10.2. The van der Waals surface area contributed by atoms with Crippen LogP contribution in [0.25, 0.3) is 10.9 Å². The minimum absolute atomic E-state index is 0.211. The molecule has 3 rings (SSSR count). The van der Waals surface area contributed by atoms with Gasteiger partial charge in [0.1, 0.15) is 17.0 Å². The van der Waals surface area contributed by atoms with Crippen LogP contribution in [0.2, 0.25) is 0 Å². The Bertz CT molecular complexity index is 621. The van der Waals surface area contributed by atoms with E-state index in [0.29, 0.717) is 5.39 Å². The van der Waals surface area contributed by atoms with Gasteiger partial charge in [-0.05, 0) is 25.0 Å². The van der Waals surface area contributed by atoms with E-state index in [1.165, 1.54) is 6.07 Å². The van der Waals surface area contributed by atoms with Crippen molar-refractivity contribution in [3.05, 3.63) is 41.8 Å². The number of para-hydroxylation sites is 1. The van der Waals surface area contributed by atoms with Gasteiger partial charge in [0.25, 0.3) is 5.91 Å². The number of hydrogen-bond acceptors (Lipinski definition) is 2. The van der Waals surface area contributed by atoms with E-state index in [9.17, 15) is 9.18 Å². The molecule has 0 unspecified atom stereocenters. The highest BCUT2D eigenvalue weighted by atomic mass is 19.1. The zero-order chi connectivity index (χ0) is 13.2. The second-order valence-corrected chi connectivity index (χ2v) is 4.96. The van der Waals surface area contributed by atoms with Crippen molar-refractivity contribution in [3.8, 4) is 0 Å². The standard InChI is InChI=1S/C15H15FN2O/c16-12-7-3-4-10-8-9-13(18-14(10)12)15(19)17-11-5-1-2-6-11/h3-4,7-9,11H,1-2,5-6H2,(H,17,19). The first-order chi connectivity index (χ1) is 9.24. The fourth-order valence-electron chi connectivity index (χ4n) is 2.57. The first kappa shape index (κ1) is 12.1. The summed E-state index contributed by atoms with van der Waals surface area (Å²) in [5.74, 6) is -0.606. The van der Waals surface area contributed by atoms with E-state index < -0.39 is 5.82 Å². The van der Waals surface area contributed by atoms with E-state index in [2.05, 4.69) is 10.3 Å². The van der Waals surface area contributed by atoms with Crippen molar-refractivity contribution in [2.45, 2.75) is 31.7 Å². The number of carbonyl (C=O) groups is 1. The normalized spacial score (nSPS) is 15.8. The minimum atomic E-state index is -0.395. The molecular weight excluding hydrogens is 243 g/mol. The molecule has 0 aliphatic heterocycles. The topological polar surface area (TPSA) is 42.0 Å². The van der Waals surface area contributed by atoms with Crippen LogP contribution in [0.1, 0.15) is 36.2 Å². The van der Waals surface area contributed by atoms with Crippen LogP contribution in [-0.4, -0.2) is 16.9 Å². The fourth-order valence-corrected chi connectivity index (χ4v) is 2.57. The molecule has 1 amide bonds. The Balaban J connectivity index is 1.87.